The second-order valence-corrected chi connectivity index (χ2v) is 11.1. The Labute approximate surface area is 211 Å². The predicted octanol–water partition coefficient (Wildman–Crippen LogP) is 3.98. The highest BCUT2D eigenvalue weighted by atomic mass is 79.9. The van der Waals surface area contributed by atoms with Crippen molar-refractivity contribution in [3.05, 3.63) is 64.6 Å². The van der Waals surface area contributed by atoms with Crippen LogP contribution in [0.5, 0.6) is 0 Å². The van der Waals surface area contributed by atoms with E-state index in [4.69, 9.17) is 0 Å². The molecule has 0 aromatic heterocycles. The minimum atomic E-state index is -3.73. The van der Waals surface area contributed by atoms with Gasteiger partial charge in [-0.25, -0.2) is 8.42 Å². The minimum absolute atomic E-state index is 0.0251. The number of amides is 2. The van der Waals surface area contributed by atoms with Gasteiger partial charge in [-0.3, -0.25) is 13.9 Å². The van der Waals surface area contributed by atoms with E-state index in [1.165, 1.54) is 4.90 Å². The van der Waals surface area contributed by atoms with Gasteiger partial charge in [-0.1, -0.05) is 60.1 Å². The van der Waals surface area contributed by atoms with Crippen LogP contribution in [0.25, 0.3) is 0 Å². The lowest BCUT2D eigenvalue weighted by Gasteiger charge is -2.33. The zero-order valence-corrected chi connectivity index (χ0v) is 22.6. The van der Waals surface area contributed by atoms with Crippen molar-refractivity contribution < 1.29 is 18.0 Å². The van der Waals surface area contributed by atoms with E-state index in [0.29, 0.717) is 25.1 Å². The van der Waals surface area contributed by atoms with E-state index in [0.717, 1.165) is 27.0 Å². The van der Waals surface area contributed by atoms with Crippen molar-refractivity contribution in [2.24, 2.45) is 0 Å². The zero-order chi connectivity index (χ0) is 25.3. The fourth-order valence-electron chi connectivity index (χ4n) is 3.56. The van der Waals surface area contributed by atoms with E-state index in [9.17, 15) is 18.0 Å². The second-order valence-electron chi connectivity index (χ2n) is 8.31. The van der Waals surface area contributed by atoms with Crippen LogP contribution >= 0.6 is 15.9 Å². The van der Waals surface area contributed by atoms with E-state index >= 15 is 0 Å². The number of rotatable bonds is 12. The van der Waals surface area contributed by atoms with Gasteiger partial charge in [0.25, 0.3) is 0 Å². The van der Waals surface area contributed by atoms with Crippen molar-refractivity contribution in [2.75, 3.05) is 23.7 Å². The summed E-state index contributed by atoms with van der Waals surface area (Å²) in [6.07, 6.45) is 2.81. The van der Waals surface area contributed by atoms with Gasteiger partial charge < -0.3 is 10.2 Å². The summed E-state index contributed by atoms with van der Waals surface area (Å²) in [5, 5.41) is 2.97. The van der Waals surface area contributed by atoms with Gasteiger partial charge in [0.2, 0.25) is 21.8 Å². The summed E-state index contributed by atoms with van der Waals surface area (Å²) in [5.74, 6) is -0.650. The summed E-state index contributed by atoms with van der Waals surface area (Å²) in [5.41, 5.74) is 1.42. The van der Waals surface area contributed by atoms with Crippen LogP contribution in [-0.2, 0) is 26.0 Å². The predicted molar refractivity (Wildman–Crippen MR) is 140 cm³/mol. The molecule has 0 aliphatic heterocycles. The van der Waals surface area contributed by atoms with Crippen LogP contribution < -0.4 is 9.62 Å². The van der Waals surface area contributed by atoms with E-state index in [1.54, 1.807) is 24.3 Å². The van der Waals surface area contributed by atoms with Gasteiger partial charge in [0.05, 0.1) is 11.9 Å². The molecule has 7 nitrogen and oxygen atoms in total. The Bertz CT molecular complexity index is 1050. The number of nitrogens with one attached hydrogen (secondary N) is 1. The number of carbonyl (C=O) groups excluding carboxylic acids is 2. The number of hydrogen-bond donors (Lipinski definition) is 1. The van der Waals surface area contributed by atoms with Crippen LogP contribution in [0, 0.1) is 0 Å². The fourth-order valence-corrected chi connectivity index (χ4v) is 4.67. The number of sulfonamides is 1. The standard InChI is InChI=1S/C25H34BrN3O4S/c1-5-19(3)27-25(31)23(6-2)28(17-16-20-10-8-7-9-11-20)24(30)18-29(34(4,32)33)22-14-12-21(26)13-15-22/h7-15,19,23H,5-6,16-18H2,1-4H3,(H,27,31)/t19-,23+/m0/s1. The SMILES string of the molecule is CC[C@H](C(=O)N[C@@H](C)CC)N(CCc1ccccc1)C(=O)CN(c1ccc(Br)cc1)S(C)(=O)=O. The molecule has 0 unspecified atom stereocenters. The van der Waals surface area contributed by atoms with E-state index in [-0.39, 0.29) is 18.5 Å². The van der Waals surface area contributed by atoms with E-state index < -0.39 is 22.0 Å². The Balaban J connectivity index is 2.34. The first-order chi connectivity index (χ1) is 16.1. The highest BCUT2D eigenvalue weighted by Crippen LogP contribution is 2.21. The first kappa shape index (κ1) is 27.9. The smallest absolute Gasteiger partial charge is 0.244 e. The molecule has 2 amide bonds. The third-order valence-corrected chi connectivity index (χ3v) is 7.33. The fraction of sp³-hybridized carbons (Fsp3) is 0.440. The molecule has 34 heavy (non-hydrogen) atoms. The first-order valence-electron chi connectivity index (χ1n) is 11.4. The molecule has 2 aromatic carbocycles. The average Bonchev–Trinajstić information content (AvgIpc) is 2.80. The van der Waals surface area contributed by atoms with Gasteiger partial charge in [0, 0.05) is 17.1 Å². The Morgan fingerprint density at radius 2 is 1.62 bits per heavy atom. The Morgan fingerprint density at radius 3 is 2.15 bits per heavy atom. The van der Waals surface area contributed by atoms with Crippen LogP contribution in [0.1, 0.15) is 39.2 Å². The van der Waals surface area contributed by atoms with Gasteiger partial charge in [0.15, 0.2) is 0 Å². The largest absolute Gasteiger partial charge is 0.352 e. The van der Waals surface area contributed by atoms with Crippen molar-refractivity contribution in [1.29, 1.82) is 0 Å². The summed E-state index contributed by atoms with van der Waals surface area (Å²) in [7, 11) is -3.73. The molecule has 0 fully saturated rings. The number of anilines is 1. The van der Waals surface area contributed by atoms with Crippen LogP contribution in [0.4, 0.5) is 5.69 Å². The quantitative estimate of drug-likeness (QED) is 0.432. The highest BCUT2D eigenvalue weighted by Gasteiger charge is 2.31. The van der Waals surface area contributed by atoms with Gasteiger partial charge in [-0.2, -0.15) is 0 Å². The average molecular weight is 553 g/mol. The van der Waals surface area contributed by atoms with Crippen LogP contribution in [0.3, 0.4) is 0 Å². The third kappa shape index (κ3) is 8.13. The topological polar surface area (TPSA) is 86.8 Å². The van der Waals surface area contributed by atoms with E-state index in [1.807, 2.05) is 51.1 Å². The molecule has 0 saturated carbocycles. The summed E-state index contributed by atoms with van der Waals surface area (Å²) in [6, 6.07) is 15.7. The number of halogens is 1. The van der Waals surface area contributed by atoms with Gasteiger partial charge in [-0.15, -0.1) is 0 Å². The molecule has 9 heteroatoms. The lowest BCUT2D eigenvalue weighted by Crippen LogP contribution is -2.54. The molecule has 0 aliphatic rings. The molecule has 0 spiro atoms. The molecule has 0 saturated heterocycles. The summed E-state index contributed by atoms with van der Waals surface area (Å²) in [6.45, 7) is 5.66. The van der Waals surface area contributed by atoms with Crippen molar-refractivity contribution in [2.45, 2.75) is 52.1 Å². The zero-order valence-electron chi connectivity index (χ0n) is 20.2. The van der Waals surface area contributed by atoms with Crippen LogP contribution in [0.15, 0.2) is 59.1 Å². The Hall–Kier alpha value is -2.39. The molecule has 0 radical (unpaired) electrons. The van der Waals surface area contributed by atoms with E-state index in [2.05, 4.69) is 21.2 Å². The summed E-state index contributed by atoms with van der Waals surface area (Å²) >= 11 is 3.34. The first-order valence-corrected chi connectivity index (χ1v) is 14.1. The second kappa shape index (κ2) is 12.9. The van der Waals surface area contributed by atoms with Gasteiger partial charge >= 0.3 is 0 Å². The van der Waals surface area contributed by atoms with Gasteiger partial charge in [0.1, 0.15) is 12.6 Å². The maximum absolute atomic E-state index is 13.6. The monoisotopic (exact) mass is 551 g/mol. The molecule has 2 rings (SSSR count). The number of nitrogens with zero attached hydrogens (tertiary/aromatic N) is 2. The third-order valence-electron chi connectivity index (χ3n) is 5.66. The lowest BCUT2D eigenvalue weighted by atomic mass is 10.1. The molecule has 186 valence electrons. The maximum atomic E-state index is 13.6. The molecule has 1 N–H and O–H groups in total. The summed E-state index contributed by atoms with van der Waals surface area (Å²) < 4.78 is 27.0. The minimum Gasteiger partial charge on any atom is -0.352 e. The molecule has 2 atom stereocenters. The van der Waals surface area contributed by atoms with Crippen LogP contribution in [0.2, 0.25) is 0 Å². The Kier molecular flexibility index (Phi) is 10.6. The molecule has 0 bridgehead atoms. The molecule has 0 heterocycles. The highest BCUT2D eigenvalue weighted by molar-refractivity contribution is 9.10. The maximum Gasteiger partial charge on any atom is 0.244 e. The molecule has 2 aromatic rings. The van der Waals surface area contributed by atoms with Crippen LogP contribution in [-0.4, -0.2) is 56.6 Å². The number of benzene rings is 2. The molecular formula is C25H34BrN3O4S. The lowest BCUT2D eigenvalue weighted by molar-refractivity contribution is -0.139. The normalized spacial score (nSPS) is 13.1. The van der Waals surface area contributed by atoms with Crippen molar-refractivity contribution in [3.63, 3.8) is 0 Å². The van der Waals surface area contributed by atoms with Gasteiger partial charge in [-0.05, 0) is 56.0 Å². The number of hydrogen-bond acceptors (Lipinski definition) is 4. The van der Waals surface area contributed by atoms with Crippen molar-refractivity contribution >= 4 is 43.5 Å². The van der Waals surface area contributed by atoms with Crippen molar-refractivity contribution in [3.8, 4) is 0 Å². The van der Waals surface area contributed by atoms with Crippen molar-refractivity contribution in [1.82, 2.24) is 10.2 Å². The molecule has 0 aliphatic carbocycles. The molecular weight excluding hydrogens is 518 g/mol. The number of carbonyl (C=O) groups is 2. The Morgan fingerprint density at radius 1 is 1.00 bits per heavy atom. The summed E-state index contributed by atoms with van der Waals surface area (Å²) in [4.78, 5) is 28.1.